The molecule has 0 bridgehead atoms. The smallest absolute Gasteiger partial charge is 0.311 e. The molecule has 2 N–H and O–H groups in total. The number of hydrogen-bond donors (Lipinski definition) is 2. The monoisotopic (exact) mass is 362 g/mol. The average molecular weight is 362 g/mol. The first-order chi connectivity index (χ1) is 12.0. The number of anilines is 1. The highest BCUT2D eigenvalue weighted by atomic mass is 32.1. The maximum absolute atomic E-state index is 11.9. The van der Waals surface area contributed by atoms with Crippen molar-refractivity contribution in [2.75, 3.05) is 19.0 Å². The van der Waals surface area contributed by atoms with Gasteiger partial charge >= 0.3 is 5.97 Å². The number of nitrogens with one attached hydrogen (secondary N) is 1. The number of phenols is 1. The molecular formula is C17H18N2O5S. The Morgan fingerprint density at radius 3 is 2.92 bits per heavy atom. The molecule has 0 saturated heterocycles. The van der Waals surface area contributed by atoms with Crippen molar-refractivity contribution >= 4 is 34.4 Å². The minimum Gasteiger partial charge on any atom is -0.504 e. The second kappa shape index (κ2) is 8.84. The molecule has 2 rings (SSSR count). The molecule has 0 aliphatic heterocycles. The summed E-state index contributed by atoms with van der Waals surface area (Å²) in [7, 11) is 1.45. The van der Waals surface area contributed by atoms with Gasteiger partial charge in [-0.05, 0) is 30.7 Å². The predicted octanol–water partition coefficient (Wildman–Crippen LogP) is 2.61. The Balaban J connectivity index is 1.94. The lowest BCUT2D eigenvalue weighted by atomic mass is 10.2. The zero-order valence-corrected chi connectivity index (χ0v) is 14.6. The molecule has 1 aromatic heterocycles. The van der Waals surface area contributed by atoms with Gasteiger partial charge in [0.2, 0.25) is 5.91 Å². The van der Waals surface area contributed by atoms with Crippen molar-refractivity contribution in [2.24, 2.45) is 0 Å². The summed E-state index contributed by atoms with van der Waals surface area (Å²) in [5, 5.41) is 14.3. The van der Waals surface area contributed by atoms with Crippen LogP contribution in [0, 0.1) is 0 Å². The number of carbonyl (C=O) groups is 2. The standard InChI is InChI=1S/C17H18N2O5S/c1-3-24-16(22)9-12-10-25-17(18-12)19-15(21)7-5-11-4-6-13(20)14(8-11)23-2/h4-8,10,20H,3,9H2,1-2H3,(H,18,19,21)/b7-5+. The van der Waals surface area contributed by atoms with Crippen LogP contribution in [0.1, 0.15) is 18.2 Å². The van der Waals surface area contributed by atoms with Crippen molar-refractivity contribution in [1.82, 2.24) is 4.98 Å². The van der Waals surface area contributed by atoms with Crippen molar-refractivity contribution < 1.29 is 24.2 Å². The summed E-state index contributed by atoms with van der Waals surface area (Å²) in [5.41, 5.74) is 1.25. The Hall–Kier alpha value is -2.87. The first-order valence-corrected chi connectivity index (χ1v) is 8.36. The summed E-state index contributed by atoms with van der Waals surface area (Å²) < 4.78 is 9.86. The zero-order chi connectivity index (χ0) is 18.2. The number of phenolic OH excluding ortho intramolecular Hbond substituents is 1. The molecule has 132 valence electrons. The van der Waals surface area contributed by atoms with Crippen molar-refractivity contribution in [3.63, 3.8) is 0 Å². The van der Waals surface area contributed by atoms with Crippen molar-refractivity contribution in [1.29, 1.82) is 0 Å². The van der Waals surface area contributed by atoms with E-state index in [1.807, 2.05) is 0 Å². The molecule has 1 amide bonds. The van der Waals surface area contributed by atoms with Gasteiger partial charge in [0, 0.05) is 11.5 Å². The van der Waals surface area contributed by atoms with Crippen LogP contribution in [-0.4, -0.2) is 35.7 Å². The molecule has 0 spiro atoms. The fourth-order valence-electron chi connectivity index (χ4n) is 1.92. The van der Waals surface area contributed by atoms with E-state index in [-0.39, 0.29) is 24.0 Å². The molecule has 0 saturated carbocycles. The topological polar surface area (TPSA) is 97.8 Å². The van der Waals surface area contributed by atoms with Gasteiger partial charge in [0.15, 0.2) is 16.6 Å². The van der Waals surface area contributed by atoms with Gasteiger partial charge in [0.25, 0.3) is 0 Å². The van der Waals surface area contributed by atoms with Gasteiger partial charge < -0.3 is 14.6 Å². The minimum absolute atomic E-state index is 0.0287. The van der Waals surface area contributed by atoms with Crippen LogP contribution in [0.2, 0.25) is 0 Å². The minimum atomic E-state index is -0.357. The van der Waals surface area contributed by atoms with Crippen LogP contribution in [0.3, 0.4) is 0 Å². The molecule has 1 heterocycles. The summed E-state index contributed by atoms with van der Waals surface area (Å²) >= 11 is 1.23. The number of nitrogens with zero attached hydrogens (tertiary/aromatic N) is 1. The largest absolute Gasteiger partial charge is 0.504 e. The van der Waals surface area contributed by atoms with Crippen molar-refractivity contribution in [3.8, 4) is 11.5 Å². The fraction of sp³-hybridized carbons (Fsp3) is 0.235. The lowest BCUT2D eigenvalue weighted by molar-refractivity contribution is -0.142. The Labute approximate surface area is 148 Å². The van der Waals surface area contributed by atoms with Crippen LogP contribution in [0.25, 0.3) is 6.08 Å². The van der Waals surface area contributed by atoms with Gasteiger partial charge in [-0.1, -0.05) is 6.07 Å². The predicted molar refractivity (Wildman–Crippen MR) is 94.8 cm³/mol. The molecule has 0 radical (unpaired) electrons. The lowest BCUT2D eigenvalue weighted by Gasteiger charge is -2.03. The third-order valence-electron chi connectivity index (χ3n) is 3.04. The molecule has 2 aromatic rings. The molecule has 0 fully saturated rings. The number of amides is 1. The summed E-state index contributed by atoms with van der Waals surface area (Å²) in [6, 6.07) is 4.75. The number of rotatable bonds is 7. The maximum atomic E-state index is 11.9. The summed E-state index contributed by atoms with van der Waals surface area (Å²) in [6.07, 6.45) is 3.01. The molecule has 25 heavy (non-hydrogen) atoms. The van der Waals surface area contributed by atoms with Crippen molar-refractivity contribution in [3.05, 3.63) is 40.9 Å². The molecule has 0 aliphatic rings. The van der Waals surface area contributed by atoms with Crippen LogP contribution < -0.4 is 10.1 Å². The lowest BCUT2D eigenvalue weighted by Crippen LogP contribution is -2.09. The Morgan fingerprint density at radius 1 is 1.40 bits per heavy atom. The van der Waals surface area contributed by atoms with E-state index in [0.717, 1.165) is 0 Å². The molecule has 0 aliphatic carbocycles. The van der Waals surface area contributed by atoms with E-state index in [4.69, 9.17) is 9.47 Å². The third-order valence-corrected chi connectivity index (χ3v) is 3.85. The van der Waals surface area contributed by atoms with E-state index >= 15 is 0 Å². The van der Waals surface area contributed by atoms with Crippen LogP contribution in [-0.2, 0) is 20.7 Å². The number of carbonyl (C=O) groups excluding carboxylic acids is 2. The van der Waals surface area contributed by atoms with Gasteiger partial charge in [-0.25, -0.2) is 4.98 Å². The average Bonchev–Trinajstić information content (AvgIpc) is 3.01. The zero-order valence-electron chi connectivity index (χ0n) is 13.8. The number of hydrogen-bond acceptors (Lipinski definition) is 7. The number of esters is 1. The molecule has 7 nitrogen and oxygen atoms in total. The number of ether oxygens (including phenoxy) is 2. The quantitative estimate of drug-likeness (QED) is 0.580. The van der Waals surface area contributed by atoms with Crippen LogP contribution >= 0.6 is 11.3 Å². The molecule has 0 unspecified atom stereocenters. The van der Waals surface area contributed by atoms with E-state index < -0.39 is 0 Å². The Bertz CT molecular complexity index is 785. The van der Waals surface area contributed by atoms with E-state index in [9.17, 15) is 14.7 Å². The number of methoxy groups -OCH3 is 1. The molecular weight excluding hydrogens is 344 g/mol. The summed E-state index contributed by atoms with van der Waals surface area (Å²) in [5.74, 6) is -0.358. The maximum Gasteiger partial charge on any atom is 0.311 e. The van der Waals surface area contributed by atoms with Crippen molar-refractivity contribution in [2.45, 2.75) is 13.3 Å². The van der Waals surface area contributed by atoms with Gasteiger partial charge in [0.05, 0.1) is 25.8 Å². The number of benzene rings is 1. The van der Waals surface area contributed by atoms with Crippen LogP contribution in [0.15, 0.2) is 29.7 Å². The van der Waals surface area contributed by atoms with E-state index in [1.165, 1.54) is 30.6 Å². The first kappa shape index (κ1) is 18.5. The highest BCUT2D eigenvalue weighted by Gasteiger charge is 2.09. The normalized spacial score (nSPS) is 10.6. The fourth-order valence-corrected chi connectivity index (χ4v) is 2.64. The summed E-state index contributed by atoms with van der Waals surface area (Å²) in [4.78, 5) is 27.5. The highest BCUT2D eigenvalue weighted by Crippen LogP contribution is 2.26. The second-order valence-corrected chi connectivity index (χ2v) is 5.74. The van der Waals surface area contributed by atoms with E-state index in [2.05, 4.69) is 10.3 Å². The number of thiazole rings is 1. The Kier molecular flexibility index (Phi) is 6.53. The van der Waals surface area contributed by atoms with E-state index in [1.54, 1.807) is 30.5 Å². The second-order valence-electron chi connectivity index (χ2n) is 4.88. The molecule has 1 aromatic carbocycles. The van der Waals surface area contributed by atoms with Crippen LogP contribution in [0.4, 0.5) is 5.13 Å². The number of aromatic hydroxyl groups is 1. The van der Waals surface area contributed by atoms with Gasteiger partial charge in [-0.15, -0.1) is 11.3 Å². The molecule has 0 atom stereocenters. The van der Waals surface area contributed by atoms with Gasteiger partial charge in [-0.2, -0.15) is 0 Å². The van der Waals surface area contributed by atoms with E-state index in [0.29, 0.717) is 28.7 Å². The molecule has 8 heteroatoms. The van der Waals surface area contributed by atoms with Crippen LogP contribution in [0.5, 0.6) is 11.5 Å². The Morgan fingerprint density at radius 2 is 2.20 bits per heavy atom. The summed E-state index contributed by atoms with van der Waals surface area (Å²) in [6.45, 7) is 2.06. The SMILES string of the molecule is CCOC(=O)Cc1csc(NC(=O)/C=C/c2ccc(O)c(OC)c2)n1. The van der Waals surface area contributed by atoms with Gasteiger partial charge in [-0.3, -0.25) is 14.9 Å². The number of aromatic nitrogens is 1. The van der Waals surface area contributed by atoms with Gasteiger partial charge in [0.1, 0.15) is 0 Å². The highest BCUT2D eigenvalue weighted by molar-refractivity contribution is 7.14. The first-order valence-electron chi connectivity index (χ1n) is 7.48. The third kappa shape index (κ3) is 5.61.